The van der Waals surface area contributed by atoms with Gasteiger partial charge in [-0.25, -0.2) is 0 Å². The van der Waals surface area contributed by atoms with Gasteiger partial charge < -0.3 is 19.7 Å². The molecule has 4 heteroatoms. The number of hydrogen-bond donors (Lipinski definition) is 2. The fourth-order valence-corrected chi connectivity index (χ4v) is 1.64. The lowest BCUT2D eigenvalue weighted by Gasteiger charge is -1.95. The van der Waals surface area contributed by atoms with Gasteiger partial charge in [-0.2, -0.15) is 0 Å². The third kappa shape index (κ3) is 4.91. The summed E-state index contributed by atoms with van der Waals surface area (Å²) < 4.78 is 10.3. The zero-order valence-electron chi connectivity index (χ0n) is 10.9. The summed E-state index contributed by atoms with van der Waals surface area (Å²) in [6.45, 7) is 4.24. The molecule has 0 aliphatic carbocycles. The number of phenolic OH excluding ortho intramolecular Hbond substituents is 2. The van der Waals surface area contributed by atoms with Crippen molar-refractivity contribution in [1.82, 2.24) is 0 Å². The molecule has 0 unspecified atom stereocenters. The number of hydrogen-bond acceptors (Lipinski definition) is 4. The molecule has 0 fully saturated rings. The van der Waals surface area contributed by atoms with E-state index in [0.717, 1.165) is 17.1 Å². The highest BCUT2D eigenvalue weighted by molar-refractivity contribution is 5.44. The maximum atomic E-state index is 8.85. The number of aryl methyl sites for hydroxylation is 2. The van der Waals surface area contributed by atoms with E-state index in [-0.39, 0.29) is 26.4 Å². The predicted octanol–water partition coefficient (Wildman–Crippen LogP) is 4.40. The highest BCUT2D eigenvalue weighted by atomic mass is 16.7. The molecule has 0 saturated carbocycles. The van der Waals surface area contributed by atoms with Gasteiger partial charge in [0.2, 0.25) is 6.79 Å². The van der Waals surface area contributed by atoms with Crippen molar-refractivity contribution in [3.63, 3.8) is 0 Å². The van der Waals surface area contributed by atoms with E-state index < -0.39 is 0 Å². The Bertz CT molecular complexity index is 579. The standard InChI is InChI=1S/C8H8O2.C7H8O2.2CH4/c1-6-2-3-7-8(4-6)10-5-9-7;1-5-2-3-6(8)7(9)4-5;;/h2-4H,5H2,1H3;2-4,8-9H,1H3;2*1H4. The topological polar surface area (TPSA) is 58.9 Å². The van der Waals surface area contributed by atoms with Crippen LogP contribution in [0.2, 0.25) is 0 Å². The van der Waals surface area contributed by atoms with E-state index in [9.17, 15) is 0 Å². The highest BCUT2D eigenvalue weighted by Gasteiger charge is 2.11. The van der Waals surface area contributed by atoms with Crippen LogP contribution in [0.1, 0.15) is 26.0 Å². The smallest absolute Gasteiger partial charge is 0.231 e. The maximum Gasteiger partial charge on any atom is 0.231 e. The molecule has 1 heterocycles. The first-order valence-electron chi connectivity index (χ1n) is 5.91. The van der Waals surface area contributed by atoms with Gasteiger partial charge in [-0.05, 0) is 49.2 Å². The minimum absolute atomic E-state index is 0. The van der Waals surface area contributed by atoms with Crippen LogP contribution in [0.3, 0.4) is 0 Å². The van der Waals surface area contributed by atoms with Crippen LogP contribution in [-0.2, 0) is 0 Å². The molecule has 2 N–H and O–H groups in total. The second-order valence-corrected chi connectivity index (χ2v) is 4.35. The second kappa shape index (κ2) is 8.04. The average molecular weight is 292 g/mol. The molecule has 3 rings (SSSR count). The molecular weight excluding hydrogens is 268 g/mol. The Hall–Kier alpha value is -2.36. The van der Waals surface area contributed by atoms with Crippen molar-refractivity contribution in [2.45, 2.75) is 28.7 Å². The molecule has 0 atom stereocenters. The summed E-state index contributed by atoms with van der Waals surface area (Å²) in [5.74, 6) is 1.58. The van der Waals surface area contributed by atoms with Crippen molar-refractivity contribution in [3.8, 4) is 23.0 Å². The number of ether oxygens (including phenoxy) is 2. The van der Waals surface area contributed by atoms with Crippen LogP contribution in [0, 0.1) is 13.8 Å². The van der Waals surface area contributed by atoms with E-state index in [1.165, 1.54) is 17.7 Å². The van der Waals surface area contributed by atoms with Crippen LogP contribution >= 0.6 is 0 Å². The largest absolute Gasteiger partial charge is 0.504 e. The molecule has 0 bridgehead atoms. The number of benzene rings is 2. The van der Waals surface area contributed by atoms with E-state index in [4.69, 9.17) is 19.7 Å². The molecule has 0 spiro atoms. The molecular formula is C17H24O4. The van der Waals surface area contributed by atoms with Gasteiger partial charge in [-0.3, -0.25) is 0 Å². The third-order valence-electron chi connectivity index (χ3n) is 2.66. The van der Waals surface area contributed by atoms with E-state index in [0.29, 0.717) is 6.79 Å². The van der Waals surface area contributed by atoms with Crippen molar-refractivity contribution < 1.29 is 19.7 Å². The first-order valence-corrected chi connectivity index (χ1v) is 5.91. The summed E-state index contributed by atoms with van der Waals surface area (Å²) >= 11 is 0. The Morgan fingerprint density at radius 2 is 1.33 bits per heavy atom. The average Bonchev–Trinajstić information content (AvgIpc) is 2.82. The minimum Gasteiger partial charge on any atom is -0.504 e. The summed E-state index contributed by atoms with van der Waals surface area (Å²) in [7, 11) is 0. The van der Waals surface area contributed by atoms with Gasteiger partial charge >= 0.3 is 0 Å². The monoisotopic (exact) mass is 292 g/mol. The molecule has 0 radical (unpaired) electrons. The molecule has 4 nitrogen and oxygen atoms in total. The lowest BCUT2D eigenvalue weighted by atomic mass is 10.2. The Morgan fingerprint density at radius 3 is 1.95 bits per heavy atom. The summed E-state index contributed by atoms with van der Waals surface area (Å²) in [5, 5.41) is 17.6. The van der Waals surface area contributed by atoms with Crippen molar-refractivity contribution in [2.24, 2.45) is 0 Å². The van der Waals surface area contributed by atoms with E-state index in [1.54, 1.807) is 6.07 Å². The predicted molar refractivity (Wildman–Crippen MR) is 85.3 cm³/mol. The Kier molecular flexibility index (Phi) is 7.14. The van der Waals surface area contributed by atoms with Gasteiger partial charge in [0.15, 0.2) is 23.0 Å². The molecule has 0 aromatic heterocycles. The summed E-state index contributed by atoms with van der Waals surface area (Å²) in [5.41, 5.74) is 2.13. The number of aromatic hydroxyl groups is 2. The van der Waals surface area contributed by atoms with Gasteiger partial charge in [0.25, 0.3) is 0 Å². The molecule has 1 aliphatic heterocycles. The van der Waals surface area contributed by atoms with Gasteiger partial charge in [0, 0.05) is 0 Å². The van der Waals surface area contributed by atoms with Crippen LogP contribution in [-0.4, -0.2) is 17.0 Å². The molecule has 1 aliphatic rings. The molecule has 21 heavy (non-hydrogen) atoms. The summed E-state index contributed by atoms with van der Waals surface area (Å²) in [4.78, 5) is 0. The lowest BCUT2D eigenvalue weighted by molar-refractivity contribution is 0.174. The van der Waals surface area contributed by atoms with Crippen LogP contribution in [0.15, 0.2) is 36.4 Å². The molecule has 116 valence electrons. The van der Waals surface area contributed by atoms with Crippen LogP contribution in [0.5, 0.6) is 23.0 Å². The van der Waals surface area contributed by atoms with Gasteiger partial charge in [-0.15, -0.1) is 0 Å². The van der Waals surface area contributed by atoms with Crippen LogP contribution < -0.4 is 9.47 Å². The quantitative estimate of drug-likeness (QED) is 0.706. The molecule has 2 aromatic carbocycles. The maximum absolute atomic E-state index is 8.85. The normalized spacial score (nSPS) is 10.6. The van der Waals surface area contributed by atoms with Gasteiger partial charge in [-0.1, -0.05) is 27.0 Å². The van der Waals surface area contributed by atoms with Crippen molar-refractivity contribution in [3.05, 3.63) is 47.5 Å². The van der Waals surface area contributed by atoms with Crippen LogP contribution in [0.4, 0.5) is 0 Å². The fourth-order valence-electron chi connectivity index (χ4n) is 1.64. The fraction of sp³-hybridized carbons (Fsp3) is 0.294. The first-order chi connectivity index (χ1) is 9.06. The van der Waals surface area contributed by atoms with Crippen molar-refractivity contribution >= 4 is 0 Å². The van der Waals surface area contributed by atoms with E-state index in [2.05, 4.69) is 0 Å². The second-order valence-electron chi connectivity index (χ2n) is 4.35. The first kappa shape index (κ1) is 18.6. The Labute approximate surface area is 126 Å². The lowest BCUT2D eigenvalue weighted by Crippen LogP contribution is -1.92. The van der Waals surface area contributed by atoms with Crippen molar-refractivity contribution in [2.75, 3.05) is 6.79 Å². The number of phenols is 2. The molecule has 2 aromatic rings. The summed E-state index contributed by atoms with van der Waals surface area (Å²) in [6.07, 6.45) is 0. The third-order valence-corrected chi connectivity index (χ3v) is 2.66. The Balaban J connectivity index is 0.000000350. The van der Waals surface area contributed by atoms with Crippen LogP contribution in [0.25, 0.3) is 0 Å². The summed E-state index contributed by atoms with van der Waals surface area (Å²) in [6, 6.07) is 10.6. The molecule has 0 amide bonds. The Morgan fingerprint density at radius 1 is 0.762 bits per heavy atom. The SMILES string of the molecule is C.C.Cc1ccc(O)c(O)c1.Cc1ccc2c(c1)OCO2. The molecule has 0 saturated heterocycles. The highest BCUT2D eigenvalue weighted by Crippen LogP contribution is 2.31. The van der Waals surface area contributed by atoms with Gasteiger partial charge in [0.1, 0.15) is 0 Å². The zero-order valence-corrected chi connectivity index (χ0v) is 10.9. The minimum atomic E-state index is -0.0689. The zero-order chi connectivity index (χ0) is 13.8. The number of rotatable bonds is 0. The van der Waals surface area contributed by atoms with Gasteiger partial charge in [0.05, 0.1) is 0 Å². The van der Waals surface area contributed by atoms with E-state index in [1.807, 2.05) is 32.0 Å². The van der Waals surface area contributed by atoms with E-state index >= 15 is 0 Å². The van der Waals surface area contributed by atoms with Crippen molar-refractivity contribution in [1.29, 1.82) is 0 Å². The number of fused-ring (bicyclic) bond motifs is 1.